The zero-order valence-corrected chi connectivity index (χ0v) is 14.6. The maximum absolute atomic E-state index is 6.74. The molecule has 1 unspecified atom stereocenters. The minimum absolute atomic E-state index is 0.00296. The molecule has 1 atom stereocenters. The number of hydrogen-bond acceptors (Lipinski definition) is 1. The highest BCUT2D eigenvalue weighted by Gasteiger charge is 2.32. The molecular weight excluding hydrogens is 254 g/mol. The number of rotatable bonds is 2. The van der Waals surface area contributed by atoms with Crippen LogP contribution in [0.4, 0.5) is 0 Å². The monoisotopic (exact) mass is 287 g/mol. The summed E-state index contributed by atoms with van der Waals surface area (Å²) >= 11 is 0. The topological polar surface area (TPSA) is 26.0 Å². The smallest absolute Gasteiger partial charge is 0.0195 e. The van der Waals surface area contributed by atoms with Gasteiger partial charge in [-0.2, -0.15) is 0 Å². The van der Waals surface area contributed by atoms with E-state index in [-0.39, 0.29) is 11.0 Å². The number of hydrogen-bond donors (Lipinski definition) is 1. The summed E-state index contributed by atoms with van der Waals surface area (Å²) in [7, 11) is 0. The highest BCUT2D eigenvalue weighted by molar-refractivity contribution is 5.28. The summed E-state index contributed by atoms with van der Waals surface area (Å²) in [6.07, 6.45) is 7.17. The van der Waals surface area contributed by atoms with E-state index >= 15 is 0 Å². The van der Waals surface area contributed by atoms with Gasteiger partial charge in [-0.05, 0) is 54.1 Å². The van der Waals surface area contributed by atoms with Crippen molar-refractivity contribution in [3.8, 4) is 0 Å². The molecule has 1 aliphatic rings. The zero-order valence-electron chi connectivity index (χ0n) is 14.6. The van der Waals surface area contributed by atoms with Crippen LogP contribution >= 0.6 is 0 Å². The SMILES string of the molecule is CC1(C)CCCC(N)(Cc2ccc(C(C)(C)C)cc2)CC1. The van der Waals surface area contributed by atoms with E-state index in [4.69, 9.17) is 5.73 Å². The molecule has 0 aromatic heterocycles. The zero-order chi connectivity index (χ0) is 15.7. The molecule has 0 saturated heterocycles. The fourth-order valence-electron chi connectivity index (χ4n) is 3.46. The summed E-state index contributed by atoms with van der Waals surface area (Å²) in [6, 6.07) is 9.12. The maximum atomic E-state index is 6.74. The molecule has 2 N–H and O–H groups in total. The van der Waals surface area contributed by atoms with Gasteiger partial charge in [-0.15, -0.1) is 0 Å². The third-order valence-electron chi connectivity index (χ3n) is 5.20. The standard InChI is InChI=1S/C20H33N/c1-18(2,3)17-9-7-16(8-10-17)15-20(21)12-6-11-19(4,5)13-14-20/h7-10H,6,11-15,21H2,1-5H3. The Morgan fingerprint density at radius 2 is 1.57 bits per heavy atom. The average Bonchev–Trinajstić information content (AvgIpc) is 2.48. The molecule has 0 amide bonds. The third kappa shape index (κ3) is 4.57. The van der Waals surface area contributed by atoms with Crippen molar-refractivity contribution in [1.29, 1.82) is 0 Å². The van der Waals surface area contributed by atoms with E-state index < -0.39 is 0 Å². The molecule has 0 aliphatic heterocycles. The van der Waals surface area contributed by atoms with Crippen LogP contribution in [-0.2, 0) is 11.8 Å². The van der Waals surface area contributed by atoms with Gasteiger partial charge in [0.05, 0.1) is 0 Å². The van der Waals surface area contributed by atoms with Gasteiger partial charge in [0, 0.05) is 5.54 Å². The van der Waals surface area contributed by atoms with Gasteiger partial charge in [0.1, 0.15) is 0 Å². The van der Waals surface area contributed by atoms with Crippen molar-refractivity contribution in [3.63, 3.8) is 0 Å². The molecule has 0 spiro atoms. The Kier molecular flexibility index (Phi) is 4.54. The average molecular weight is 287 g/mol. The predicted octanol–water partition coefficient (Wildman–Crippen LogP) is 5.21. The second-order valence-electron chi connectivity index (χ2n) is 9.00. The predicted molar refractivity (Wildman–Crippen MR) is 92.6 cm³/mol. The lowest BCUT2D eigenvalue weighted by Crippen LogP contribution is -2.41. The molecule has 1 fully saturated rings. The fourth-order valence-corrected chi connectivity index (χ4v) is 3.46. The summed E-state index contributed by atoms with van der Waals surface area (Å²) in [5.41, 5.74) is 10.2. The molecule has 1 aromatic carbocycles. The van der Waals surface area contributed by atoms with Gasteiger partial charge >= 0.3 is 0 Å². The molecule has 1 nitrogen and oxygen atoms in total. The summed E-state index contributed by atoms with van der Waals surface area (Å²) in [5, 5.41) is 0. The van der Waals surface area contributed by atoms with E-state index in [1.165, 1.54) is 30.4 Å². The van der Waals surface area contributed by atoms with Gasteiger partial charge < -0.3 is 5.73 Å². The van der Waals surface area contributed by atoms with Crippen LogP contribution in [0, 0.1) is 5.41 Å². The molecule has 1 aromatic rings. The quantitative estimate of drug-likeness (QED) is 0.742. The minimum atomic E-state index is -0.00296. The maximum Gasteiger partial charge on any atom is 0.0195 e. The van der Waals surface area contributed by atoms with E-state index in [9.17, 15) is 0 Å². The molecule has 118 valence electrons. The van der Waals surface area contributed by atoms with Crippen molar-refractivity contribution in [3.05, 3.63) is 35.4 Å². The van der Waals surface area contributed by atoms with E-state index in [1.807, 2.05) is 0 Å². The first kappa shape index (κ1) is 16.5. The first-order valence-corrected chi connectivity index (χ1v) is 8.48. The summed E-state index contributed by atoms with van der Waals surface area (Å²) in [4.78, 5) is 0. The summed E-state index contributed by atoms with van der Waals surface area (Å²) in [5.74, 6) is 0. The van der Waals surface area contributed by atoms with Gasteiger partial charge in [0.15, 0.2) is 0 Å². The third-order valence-corrected chi connectivity index (χ3v) is 5.20. The highest BCUT2D eigenvalue weighted by atomic mass is 14.7. The van der Waals surface area contributed by atoms with Crippen LogP contribution in [0.15, 0.2) is 24.3 Å². The van der Waals surface area contributed by atoms with Crippen LogP contribution in [-0.4, -0.2) is 5.54 Å². The second kappa shape index (κ2) is 5.76. The van der Waals surface area contributed by atoms with Crippen molar-refractivity contribution < 1.29 is 0 Å². The molecule has 21 heavy (non-hydrogen) atoms. The Morgan fingerprint density at radius 1 is 0.952 bits per heavy atom. The number of nitrogens with two attached hydrogens (primary N) is 1. The Labute approximate surface area is 131 Å². The van der Waals surface area contributed by atoms with Gasteiger partial charge in [-0.1, -0.05) is 65.3 Å². The molecule has 2 rings (SSSR count). The molecular formula is C20H33N. The van der Waals surface area contributed by atoms with Crippen molar-refractivity contribution in [2.45, 2.75) is 84.1 Å². The first-order valence-electron chi connectivity index (χ1n) is 8.48. The van der Waals surface area contributed by atoms with Crippen molar-refractivity contribution in [1.82, 2.24) is 0 Å². The van der Waals surface area contributed by atoms with Gasteiger partial charge in [-0.3, -0.25) is 0 Å². The Morgan fingerprint density at radius 3 is 2.14 bits per heavy atom. The van der Waals surface area contributed by atoms with Crippen LogP contribution in [0.5, 0.6) is 0 Å². The Hall–Kier alpha value is -0.820. The normalized spacial score (nSPS) is 26.4. The van der Waals surface area contributed by atoms with E-state index in [1.54, 1.807) is 0 Å². The molecule has 1 saturated carbocycles. The molecule has 1 aliphatic carbocycles. The van der Waals surface area contributed by atoms with Crippen LogP contribution in [0.25, 0.3) is 0 Å². The second-order valence-corrected chi connectivity index (χ2v) is 9.00. The van der Waals surface area contributed by atoms with Crippen LogP contribution in [0.3, 0.4) is 0 Å². The van der Waals surface area contributed by atoms with Crippen LogP contribution in [0.1, 0.15) is 77.8 Å². The Balaban J connectivity index is 2.07. The van der Waals surface area contributed by atoms with Gasteiger partial charge in [0.25, 0.3) is 0 Å². The van der Waals surface area contributed by atoms with Gasteiger partial charge in [0.2, 0.25) is 0 Å². The summed E-state index contributed by atoms with van der Waals surface area (Å²) < 4.78 is 0. The largest absolute Gasteiger partial charge is 0.325 e. The molecule has 1 heteroatoms. The van der Waals surface area contributed by atoms with Crippen molar-refractivity contribution >= 4 is 0 Å². The lowest BCUT2D eigenvalue weighted by atomic mass is 9.81. The lowest BCUT2D eigenvalue weighted by Gasteiger charge is -2.30. The van der Waals surface area contributed by atoms with E-state index in [0.717, 1.165) is 19.3 Å². The van der Waals surface area contributed by atoms with Crippen molar-refractivity contribution in [2.24, 2.45) is 11.1 Å². The minimum Gasteiger partial charge on any atom is -0.325 e. The molecule has 0 radical (unpaired) electrons. The van der Waals surface area contributed by atoms with Crippen LogP contribution in [0.2, 0.25) is 0 Å². The Bertz CT molecular complexity index is 464. The molecule has 0 bridgehead atoms. The van der Waals surface area contributed by atoms with Gasteiger partial charge in [-0.25, -0.2) is 0 Å². The molecule has 0 heterocycles. The van der Waals surface area contributed by atoms with Crippen LogP contribution < -0.4 is 5.73 Å². The fraction of sp³-hybridized carbons (Fsp3) is 0.700. The van der Waals surface area contributed by atoms with E-state index in [2.05, 4.69) is 58.9 Å². The summed E-state index contributed by atoms with van der Waals surface area (Å²) in [6.45, 7) is 11.6. The first-order chi connectivity index (χ1) is 9.60. The lowest BCUT2D eigenvalue weighted by molar-refractivity contribution is 0.297. The number of benzene rings is 1. The van der Waals surface area contributed by atoms with Crippen molar-refractivity contribution in [2.75, 3.05) is 0 Å². The van der Waals surface area contributed by atoms with E-state index in [0.29, 0.717) is 5.41 Å². The highest BCUT2D eigenvalue weighted by Crippen LogP contribution is 2.38.